The molecule has 0 unspecified atom stereocenters. The van der Waals surface area contributed by atoms with E-state index in [4.69, 9.17) is 15.2 Å². The number of hydrogen-bond donors (Lipinski definition) is 1. The van der Waals surface area contributed by atoms with Crippen LogP contribution in [0, 0.1) is 0 Å². The smallest absolute Gasteiger partial charge is 0.112 e. The van der Waals surface area contributed by atoms with Crippen LogP contribution >= 0.6 is 0 Å². The first-order chi connectivity index (χ1) is 4.67. The van der Waals surface area contributed by atoms with Crippen molar-refractivity contribution < 1.29 is 9.25 Å². The lowest BCUT2D eigenvalue weighted by Gasteiger charge is -2.19. The third-order valence-corrected chi connectivity index (χ3v) is 1.51. The first-order valence-corrected chi connectivity index (χ1v) is 3.07. The minimum atomic E-state index is -0.451. The third kappa shape index (κ3) is 1.20. The first-order valence-electron chi connectivity index (χ1n) is 3.07. The molecule has 0 atom stereocenters. The zero-order valence-electron chi connectivity index (χ0n) is 6.13. The molecule has 0 aliphatic carbocycles. The summed E-state index contributed by atoms with van der Waals surface area (Å²) in [6.45, 7) is 3.75. The van der Waals surface area contributed by atoms with Gasteiger partial charge in [0.05, 0.1) is 12.5 Å². The molecule has 0 bridgehead atoms. The molecule has 0 aromatic carbocycles. The maximum absolute atomic E-state index is 5.06. The molecule has 1 aromatic heterocycles. The zero-order chi connectivity index (χ0) is 7.61. The minimum absolute atomic E-state index is 0.451. The molecule has 10 heavy (non-hydrogen) atoms. The molecule has 0 aliphatic heterocycles. The van der Waals surface area contributed by atoms with Gasteiger partial charge in [-0.3, -0.25) is 4.84 Å². The molecule has 2 N–H and O–H groups in total. The molecule has 56 valence electrons. The fourth-order valence-corrected chi connectivity index (χ4v) is 0.675. The molecular weight excluding hydrogens is 130 g/mol. The van der Waals surface area contributed by atoms with Crippen LogP contribution in [0.1, 0.15) is 19.4 Å². The second-order valence-electron chi connectivity index (χ2n) is 2.64. The molecule has 3 nitrogen and oxygen atoms in total. The Hall–Kier alpha value is -0.800. The molecule has 0 saturated carbocycles. The second kappa shape index (κ2) is 2.44. The van der Waals surface area contributed by atoms with E-state index in [1.807, 2.05) is 19.9 Å². The van der Waals surface area contributed by atoms with Crippen LogP contribution in [0.2, 0.25) is 0 Å². The van der Waals surface area contributed by atoms with Crippen LogP contribution in [0.4, 0.5) is 0 Å². The second-order valence-corrected chi connectivity index (χ2v) is 2.64. The quantitative estimate of drug-likeness (QED) is 0.633. The SMILES string of the molecule is CC(C)(ON)c1ccoc1. The summed E-state index contributed by atoms with van der Waals surface area (Å²) in [5.41, 5.74) is 0.488. The maximum Gasteiger partial charge on any atom is 0.112 e. The average Bonchev–Trinajstić information content (AvgIpc) is 2.38. The van der Waals surface area contributed by atoms with Crippen LogP contribution < -0.4 is 5.90 Å². The Balaban J connectivity index is 2.85. The summed E-state index contributed by atoms with van der Waals surface area (Å²) in [5.74, 6) is 5.06. The van der Waals surface area contributed by atoms with Crippen molar-refractivity contribution in [3.63, 3.8) is 0 Å². The number of rotatable bonds is 2. The Labute approximate surface area is 59.7 Å². The van der Waals surface area contributed by atoms with Crippen LogP contribution in [0.3, 0.4) is 0 Å². The van der Waals surface area contributed by atoms with Gasteiger partial charge >= 0.3 is 0 Å². The molecule has 0 radical (unpaired) electrons. The van der Waals surface area contributed by atoms with E-state index in [1.165, 1.54) is 0 Å². The Kier molecular flexibility index (Phi) is 1.78. The van der Waals surface area contributed by atoms with Gasteiger partial charge in [-0.15, -0.1) is 0 Å². The molecule has 3 heteroatoms. The van der Waals surface area contributed by atoms with Crippen LogP contribution in [0.15, 0.2) is 23.0 Å². The lowest BCUT2D eigenvalue weighted by Crippen LogP contribution is -2.24. The molecule has 0 amide bonds. The molecule has 0 spiro atoms. The number of furan rings is 1. The van der Waals surface area contributed by atoms with Crippen molar-refractivity contribution in [2.75, 3.05) is 0 Å². The Morgan fingerprint density at radius 2 is 2.30 bits per heavy atom. The van der Waals surface area contributed by atoms with E-state index in [-0.39, 0.29) is 0 Å². The first kappa shape index (κ1) is 7.31. The summed E-state index contributed by atoms with van der Waals surface area (Å²) in [4.78, 5) is 4.72. The summed E-state index contributed by atoms with van der Waals surface area (Å²) < 4.78 is 4.87. The fraction of sp³-hybridized carbons (Fsp3) is 0.429. The van der Waals surface area contributed by atoms with Crippen molar-refractivity contribution in [3.8, 4) is 0 Å². The van der Waals surface area contributed by atoms with Gasteiger partial charge in [-0.25, -0.2) is 5.90 Å². The summed E-state index contributed by atoms with van der Waals surface area (Å²) in [6, 6.07) is 1.83. The number of hydrogen-bond acceptors (Lipinski definition) is 3. The van der Waals surface area contributed by atoms with Crippen molar-refractivity contribution in [2.24, 2.45) is 5.90 Å². The lowest BCUT2D eigenvalue weighted by atomic mass is 10.0. The van der Waals surface area contributed by atoms with E-state index in [2.05, 4.69) is 0 Å². The molecule has 1 aromatic rings. The van der Waals surface area contributed by atoms with Gasteiger partial charge in [0.15, 0.2) is 0 Å². The van der Waals surface area contributed by atoms with E-state index in [9.17, 15) is 0 Å². The van der Waals surface area contributed by atoms with Gasteiger partial charge in [0.1, 0.15) is 5.60 Å². The third-order valence-electron chi connectivity index (χ3n) is 1.51. The predicted molar refractivity (Wildman–Crippen MR) is 37.0 cm³/mol. The van der Waals surface area contributed by atoms with E-state index in [0.29, 0.717) is 0 Å². The normalized spacial score (nSPS) is 11.9. The molecule has 1 rings (SSSR count). The molecular formula is C7H11NO2. The standard InChI is InChI=1S/C7H11NO2/c1-7(2,10-8)6-3-4-9-5-6/h3-5H,8H2,1-2H3. The summed E-state index contributed by atoms with van der Waals surface area (Å²) >= 11 is 0. The van der Waals surface area contributed by atoms with Crippen molar-refractivity contribution in [3.05, 3.63) is 24.2 Å². The van der Waals surface area contributed by atoms with Gasteiger partial charge in [0.2, 0.25) is 0 Å². The van der Waals surface area contributed by atoms with E-state index in [0.717, 1.165) is 5.56 Å². The van der Waals surface area contributed by atoms with Gasteiger partial charge in [-0.2, -0.15) is 0 Å². The molecule has 0 aliphatic rings. The molecule has 0 fully saturated rings. The van der Waals surface area contributed by atoms with Crippen molar-refractivity contribution in [1.29, 1.82) is 0 Å². The highest BCUT2D eigenvalue weighted by Gasteiger charge is 2.20. The van der Waals surface area contributed by atoms with Crippen LogP contribution in [0.25, 0.3) is 0 Å². The van der Waals surface area contributed by atoms with Gasteiger partial charge < -0.3 is 4.42 Å². The topological polar surface area (TPSA) is 48.4 Å². The maximum atomic E-state index is 5.06. The Bertz CT molecular complexity index is 191. The summed E-state index contributed by atoms with van der Waals surface area (Å²) in [5, 5.41) is 0. The Morgan fingerprint density at radius 3 is 2.70 bits per heavy atom. The van der Waals surface area contributed by atoms with Gasteiger partial charge in [0.25, 0.3) is 0 Å². The highest BCUT2D eigenvalue weighted by atomic mass is 16.6. The predicted octanol–water partition coefficient (Wildman–Crippen LogP) is 1.41. The van der Waals surface area contributed by atoms with Crippen molar-refractivity contribution in [2.45, 2.75) is 19.4 Å². The number of nitrogens with two attached hydrogens (primary N) is 1. The molecule has 0 saturated heterocycles. The van der Waals surface area contributed by atoms with Crippen LogP contribution in [-0.2, 0) is 10.4 Å². The van der Waals surface area contributed by atoms with E-state index in [1.54, 1.807) is 12.5 Å². The van der Waals surface area contributed by atoms with Gasteiger partial charge in [-0.05, 0) is 19.9 Å². The summed E-state index contributed by atoms with van der Waals surface area (Å²) in [6.07, 6.45) is 3.21. The highest BCUT2D eigenvalue weighted by Crippen LogP contribution is 2.22. The van der Waals surface area contributed by atoms with E-state index >= 15 is 0 Å². The van der Waals surface area contributed by atoms with Crippen LogP contribution in [-0.4, -0.2) is 0 Å². The van der Waals surface area contributed by atoms with Crippen molar-refractivity contribution >= 4 is 0 Å². The van der Waals surface area contributed by atoms with Gasteiger partial charge in [0, 0.05) is 5.56 Å². The zero-order valence-corrected chi connectivity index (χ0v) is 6.13. The fourth-order valence-electron chi connectivity index (χ4n) is 0.675. The lowest BCUT2D eigenvalue weighted by molar-refractivity contribution is -0.0239. The average molecular weight is 141 g/mol. The largest absolute Gasteiger partial charge is 0.472 e. The van der Waals surface area contributed by atoms with Crippen molar-refractivity contribution in [1.82, 2.24) is 0 Å². The van der Waals surface area contributed by atoms with E-state index < -0.39 is 5.60 Å². The van der Waals surface area contributed by atoms with Gasteiger partial charge in [-0.1, -0.05) is 0 Å². The van der Waals surface area contributed by atoms with Crippen LogP contribution in [0.5, 0.6) is 0 Å². The monoisotopic (exact) mass is 141 g/mol. The minimum Gasteiger partial charge on any atom is -0.472 e. The Morgan fingerprint density at radius 1 is 1.60 bits per heavy atom. The summed E-state index contributed by atoms with van der Waals surface area (Å²) in [7, 11) is 0. The molecule has 1 heterocycles. The highest BCUT2D eigenvalue weighted by molar-refractivity contribution is 5.13.